The lowest BCUT2D eigenvalue weighted by Crippen LogP contribution is -2.17. The quantitative estimate of drug-likeness (QED) is 0.470. The van der Waals surface area contributed by atoms with Gasteiger partial charge in [0.2, 0.25) is 0 Å². The molecule has 128 valence electrons. The monoisotopic (exact) mass is 357 g/mol. The molecule has 0 bridgehead atoms. The van der Waals surface area contributed by atoms with Gasteiger partial charge < -0.3 is 9.47 Å². The number of carbonyl (C=O) groups excluding carboxylic acids is 1. The van der Waals surface area contributed by atoms with E-state index in [-0.39, 0.29) is 12.5 Å². The van der Waals surface area contributed by atoms with Crippen molar-refractivity contribution in [3.05, 3.63) is 52.8 Å². The fourth-order valence-corrected chi connectivity index (χ4v) is 2.18. The lowest BCUT2D eigenvalue weighted by molar-refractivity contribution is 0.0955. The van der Waals surface area contributed by atoms with Gasteiger partial charge in [0.15, 0.2) is 11.5 Å². The standard InChI is InChI=1S/C18H16ClN3O3/c1-3-8-25-17-15(19)9-13(10-16(17)24-4-2)11-21-22-18(23)14-6-5-7-20-12-14/h1,5-7,9-12H,4,8H2,2H3,(H,22,23)/b21-11-. The van der Waals surface area contributed by atoms with E-state index in [1.54, 1.807) is 30.5 Å². The van der Waals surface area contributed by atoms with Crippen molar-refractivity contribution < 1.29 is 14.3 Å². The van der Waals surface area contributed by atoms with Gasteiger partial charge in [-0.15, -0.1) is 6.42 Å². The SMILES string of the molecule is C#CCOc1c(Cl)cc(/C=N\NC(=O)c2cccnc2)cc1OCC. The second-order valence-corrected chi connectivity index (χ2v) is 5.10. The Morgan fingerprint density at radius 1 is 1.48 bits per heavy atom. The van der Waals surface area contributed by atoms with Gasteiger partial charge in [0.25, 0.3) is 5.91 Å². The van der Waals surface area contributed by atoms with Crippen molar-refractivity contribution in [1.29, 1.82) is 0 Å². The number of ether oxygens (including phenoxy) is 2. The number of benzene rings is 1. The van der Waals surface area contributed by atoms with E-state index >= 15 is 0 Å². The molecule has 0 fully saturated rings. The van der Waals surface area contributed by atoms with E-state index in [1.807, 2.05) is 6.92 Å². The van der Waals surface area contributed by atoms with Gasteiger partial charge in [-0.3, -0.25) is 9.78 Å². The highest BCUT2D eigenvalue weighted by Gasteiger charge is 2.12. The lowest BCUT2D eigenvalue weighted by atomic mass is 10.2. The predicted octanol–water partition coefficient (Wildman–Crippen LogP) is 2.91. The molecule has 0 aliphatic heterocycles. The van der Waals surface area contributed by atoms with Crippen LogP contribution >= 0.6 is 11.6 Å². The van der Waals surface area contributed by atoms with Crippen LogP contribution in [0.25, 0.3) is 0 Å². The summed E-state index contributed by atoms with van der Waals surface area (Å²) in [5.74, 6) is 2.83. The number of halogens is 1. The third kappa shape index (κ3) is 5.23. The summed E-state index contributed by atoms with van der Waals surface area (Å²) in [6.45, 7) is 2.35. The van der Waals surface area contributed by atoms with E-state index in [4.69, 9.17) is 27.5 Å². The van der Waals surface area contributed by atoms with Crippen molar-refractivity contribution in [1.82, 2.24) is 10.4 Å². The Morgan fingerprint density at radius 2 is 2.32 bits per heavy atom. The molecule has 1 heterocycles. The summed E-state index contributed by atoms with van der Waals surface area (Å²) in [4.78, 5) is 15.8. The summed E-state index contributed by atoms with van der Waals surface area (Å²) < 4.78 is 10.9. The van der Waals surface area contributed by atoms with E-state index in [1.165, 1.54) is 12.4 Å². The highest BCUT2D eigenvalue weighted by atomic mass is 35.5. The van der Waals surface area contributed by atoms with E-state index in [2.05, 4.69) is 21.4 Å². The minimum atomic E-state index is -0.366. The number of rotatable bonds is 7. The molecule has 7 heteroatoms. The molecule has 0 spiro atoms. The van der Waals surface area contributed by atoms with Gasteiger partial charge in [0.05, 0.1) is 23.4 Å². The van der Waals surface area contributed by atoms with Crippen molar-refractivity contribution in [2.24, 2.45) is 5.10 Å². The molecule has 6 nitrogen and oxygen atoms in total. The molecule has 0 aliphatic carbocycles. The Kier molecular flexibility index (Phi) is 6.81. The van der Waals surface area contributed by atoms with Crippen LogP contribution in [0, 0.1) is 12.3 Å². The summed E-state index contributed by atoms with van der Waals surface area (Å²) in [5.41, 5.74) is 3.46. The first-order chi connectivity index (χ1) is 12.2. The Labute approximate surface area is 150 Å². The van der Waals surface area contributed by atoms with Gasteiger partial charge in [0, 0.05) is 12.4 Å². The molecule has 0 aliphatic rings. The minimum Gasteiger partial charge on any atom is -0.490 e. The molecule has 1 aromatic heterocycles. The summed E-state index contributed by atoms with van der Waals surface area (Å²) in [6, 6.07) is 6.64. The number of carbonyl (C=O) groups is 1. The summed E-state index contributed by atoms with van der Waals surface area (Å²) in [5, 5.41) is 4.25. The first-order valence-corrected chi connectivity index (χ1v) is 7.79. The zero-order chi connectivity index (χ0) is 18.1. The van der Waals surface area contributed by atoms with Crippen LogP contribution in [0.15, 0.2) is 41.8 Å². The van der Waals surface area contributed by atoms with Crippen molar-refractivity contribution in [2.75, 3.05) is 13.2 Å². The van der Waals surface area contributed by atoms with Gasteiger partial charge in [-0.1, -0.05) is 17.5 Å². The maximum absolute atomic E-state index is 11.9. The molecule has 1 amide bonds. The van der Waals surface area contributed by atoms with Crippen LogP contribution < -0.4 is 14.9 Å². The zero-order valence-electron chi connectivity index (χ0n) is 13.5. The number of hydrogen-bond acceptors (Lipinski definition) is 5. The molecular formula is C18H16ClN3O3. The molecule has 1 aromatic carbocycles. The molecule has 0 unspecified atom stereocenters. The molecule has 1 N–H and O–H groups in total. The topological polar surface area (TPSA) is 72.8 Å². The third-order valence-corrected chi connectivity index (χ3v) is 3.22. The van der Waals surface area contributed by atoms with Crippen molar-refractivity contribution in [2.45, 2.75) is 6.92 Å². The van der Waals surface area contributed by atoms with Gasteiger partial charge in [0.1, 0.15) is 6.61 Å². The number of terminal acetylenes is 1. The van der Waals surface area contributed by atoms with Gasteiger partial charge in [-0.2, -0.15) is 5.10 Å². The van der Waals surface area contributed by atoms with Gasteiger partial charge >= 0.3 is 0 Å². The number of amides is 1. The Balaban J connectivity index is 2.13. The number of hydrogen-bond donors (Lipinski definition) is 1. The fraction of sp³-hybridized carbons (Fsp3) is 0.167. The second-order valence-electron chi connectivity index (χ2n) is 4.70. The predicted molar refractivity (Wildman–Crippen MR) is 96.2 cm³/mol. The molecular weight excluding hydrogens is 342 g/mol. The summed E-state index contributed by atoms with van der Waals surface area (Å²) >= 11 is 6.21. The lowest BCUT2D eigenvalue weighted by Gasteiger charge is -2.12. The van der Waals surface area contributed by atoms with Crippen LogP contribution in [-0.4, -0.2) is 30.3 Å². The second kappa shape index (κ2) is 9.30. The first-order valence-electron chi connectivity index (χ1n) is 7.41. The van der Waals surface area contributed by atoms with Gasteiger partial charge in [-0.05, 0) is 36.8 Å². The number of hydrazone groups is 1. The van der Waals surface area contributed by atoms with E-state index in [9.17, 15) is 4.79 Å². The maximum atomic E-state index is 11.9. The molecule has 0 atom stereocenters. The maximum Gasteiger partial charge on any atom is 0.272 e. The van der Waals surface area contributed by atoms with Crippen LogP contribution in [0.4, 0.5) is 0 Å². The Bertz CT molecular complexity index is 801. The molecule has 25 heavy (non-hydrogen) atoms. The number of pyridine rings is 1. The molecule has 0 saturated heterocycles. The number of nitrogens with zero attached hydrogens (tertiary/aromatic N) is 2. The number of nitrogens with one attached hydrogen (secondary N) is 1. The van der Waals surface area contributed by atoms with Crippen LogP contribution in [0.2, 0.25) is 5.02 Å². The van der Waals surface area contributed by atoms with E-state index < -0.39 is 0 Å². The van der Waals surface area contributed by atoms with Crippen LogP contribution in [0.1, 0.15) is 22.8 Å². The average Bonchev–Trinajstić information content (AvgIpc) is 2.62. The summed E-state index contributed by atoms with van der Waals surface area (Å²) in [7, 11) is 0. The largest absolute Gasteiger partial charge is 0.490 e. The van der Waals surface area contributed by atoms with E-state index in [0.717, 1.165) is 0 Å². The average molecular weight is 358 g/mol. The fourth-order valence-electron chi connectivity index (χ4n) is 1.91. The normalized spacial score (nSPS) is 10.3. The summed E-state index contributed by atoms with van der Waals surface area (Å²) in [6.07, 6.45) is 9.69. The molecule has 0 saturated carbocycles. The Hall–Kier alpha value is -3.04. The van der Waals surface area contributed by atoms with Crippen molar-refractivity contribution in [3.8, 4) is 23.8 Å². The highest BCUT2D eigenvalue weighted by molar-refractivity contribution is 6.32. The van der Waals surface area contributed by atoms with Crippen LogP contribution in [0.5, 0.6) is 11.5 Å². The van der Waals surface area contributed by atoms with Crippen molar-refractivity contribution >= 4 is 23.7 Å². The zero-order valence-corrected chi connectivity index (χ0v) is 14.3. The molecule has 2 aromatic rings. The molecule has 0 radical (unpaired) electrons. The highest BCUT2D eigenvalue weighted by Crippen LogP contribution is 2.36. The third-order valence-electron chi connectivity index (χ3n) is 2.93. The van der Waals surface area contributed by atoms with E-state index in [0.29, 0.717) is 34.3 Å². The van der Waals surface area contributed by atoms with Crippen LogP contribution in [0.3, 0.4) is 0 Å². The van der Waals surface area contributed by atoms with Crippen LogP contribution in [-0.2, 0) is 0 Å². The minimum absolute atomic E-state index is 0.0778. The van der Waals surface area contributed by atoms with Gasteiger partial charge in [-0.25, -0.2) is 5.43 Å². The first kappa shape index (κ1) is 18.3. The molecule has 2 rings (SSSR count). The smallest absolute Gasteiger partial charge is 0.272 e. The van der Waals surface area contributed by atoms with Crippen molar-refractivity contribution in [3.63, 3.8) is 0 Å². The Morgan fingerprint density at radius 3 is 3.00 bits per heavy atom. The number of aromatic nitrogens is 1.